The van der Waals surface area contributed by atoms with Crippen LogP contribution in [0.3, 0.4) is 0 Å². The number of nitrogens with zero attached hydrogens (tertiary/aromatic N) is 1. The molecule has 0 saturated carbocycles. The maximum absolute atomic E-state index is 13.4. The van der Waals surface area contributed by atoms with Crippen molar-refractivity contribution in [3.8, 4) is 5.75 Å². The molecular formula is C22H22FNO4. The van der Waals surface area contributed by atoms with Crippen LogP contribution in [0.2, 0.25) is 0 Å². The normalized spacial score (nSPS) is 16.8. The lowest BCUT2D eigenvalue weighted by molar-refractivity contribution is -0.118. The highest BCUT2D eigenvalue weighted by atomic mass is 19.1. The Morgan fingerprint density at radius 3 is 2.50 bits per heavy atom. The number of aliphatic hydroxyl groups excluding tert-OH is 1. The second kappa shape index (κ2) is 7.84. The van der Waals surface area contributed by atoms with Crippen molar-refractivity contribution >= 4 is 17.4 Å². The van der Waals surface area contributed by atoms with E-state index in [4.69, 9.17) is 4.74 Å². The van der Waals surface area contributed by atoms with Gasteiger partial charge in [0.15, 0.2) is 11.5 Å². The number of methoxy groups -OCH3 is 1. The molecule has 0 radical (unpaired) electrons. The molecule has 1 aliphatic heterocycles. The number of rotatable bonds is 6. The molecule has 2 aromatic carbocycles. The molecule has 1 heterocycles. The number of carbonyl (C=O) groups is 2. The van der Waals surface area contributed by atoms with Gasteiger partial charge < -0.3 is 9.84 Å². The summed E-state index contributed by atoms with van der Waals surface area (Å²) in [5.41, 5.74) is 1.06. The molecule has 1 atom stereocenters. The first-order chi connectivity index (χ1) is 13.3. The second-order valence-corrected chi connectivity index (χ2v) is 7.11. The van der Waals surface area contributed by atoms with E-state index in [0.29, 0.717) is 17.0 Å². The van der Waals surface area contributed by atoms with Crippen molar-refractivity contribution in [2.75, 3.05) is 12.0 Å². The zero-order valence-electron chi connectivity index (χ0n) is 16.0. The van der Waals surface area contributed by atoms with E-state index in [0.717, 1.165) is 0 Å². The van der Waals surface area contributed by atoms with E-state index < -0.39 is 23.5 Å². The van der Waals surface area contributed by atoms with E-state index >= 15 is 0 Å². The highest BCUT2D eigenvalue weighted by Gasteiger charge is 2.44. The number of aliphatic hydroxyl groups is 1. The number of Topliss-reactive ketones (excluding diaryl/α,β-unsaturated/α-hetero) is 1. The van der Waals surface area contributed by atoms with Crippen LogP contribution in [-0.2, 0) is 9.59 Å². The maximum Gasteiger partial charge on any atom is 0.294 e. The minimum atomic E-state index is -0.820. The van der Waals surface area contributed by atoms with Gasteiger partial charge in [-0.05, 0) is 47.9 Å². The molecule has 1 aliphatic rings. The Labute approximate surface area is 163 Å². The molecule has 1 N–H and O–H groups in total. The van der Waals surface area contributed by atoms with Crippen molar-refractivity contribution in [1.29, 1.82) is 0 Å². The van der Waals surface area contributed by atoms with E-state index in [1.54, 1.807) is 24.3 Å². The highest BCUT2D eigenvalue weighted by molar-refractivity contribution is 6.16. The number of ketones is 1. The van der Waals surface area contributed by atoms with E-state index in [2.05, 4.69) is 0 Å². The van der Waals surface area contributed by atoms with Crippen molar-refractivity contribution < 1.29 is 23.8 Å². The predicted molar refractivity (Wildman–Crippen MR) is 104 cm³/mol. The average Bonchev–Trinajstić information content (AvgIpc) is 2.93. The fourth-order valence-corrected chi connectivity index (χ4v) is 3.37. The summed E-state index contributed by atoms with van der Waals surface area (Å²) in [4.78, 5) is 27.1. The summed E-state index contributed by atoms with van der Waals surface area (Å²) in [6.07, 6.45) is 0.199. The van der Waals surface area contributed by atoms with Gasteiger partial charge in [0, 0.05) is 12.1 Å². The van der Waals surface area contributed by atoms with Gasteiger partial charge in [0.25, 0.3) is 5.91 Å². The topological polar surface area (TPSA) is 66.8 Å². The Morgan fingerprint density at radius 1 is 1.21 bits per heavy atom. The van der Waals surface area contributed by atoms with Gasteiger partial charge >= 0.3 is 0 Å². The van der Waals surface area contributed by atoms with Crippen molar-refractivity contribution in [3.63, 3.8) is 0 Å². The smallest absolute Gasteiger partial charge is 0.294 e. The molecule has 1 unspecified atom stereocenters. The standard InChI is InChI=1S/C22H22FNO4/c1-13(2)11-18(25)19-20(14-5-4-6-17(12-14)28-3)24(22(27)21(19)26)16-9-7-15(23)8-10-16/h4-10,12-13,20,26H,11H2,1-3H3. The monoisotopic (exact) mass is 383 g/mol. The van der Waals surface area contributed by atoms with Gasteiger partial charge in [0.2, 0.25) is 0 Å². The van der Waals surface area contributed by atoms with Crippen LogP contribution >= 0.6 is 0 Å². The first-order valence-electron chi connectivity index (χ1n) is 9.03. The van der Waals surface area contributed by atoms with E-state index in [1.165, 1.54) is 36.3 Å². The molecule has 0 saturated heterocycles. The zero-order chi connectivity index (χ0) is 20.4. The largest absolute Gasteiger partial charge is 0.503 e. The summed E-state index contributed by atoms with van der Waals surface area (Å²) < 4.78 is 18.6. The molecule has 146 valence electrons. The Hall–Kier alpha value is -3.15. The molecule has 0 aliphatic carbocycles. The molecule has 5 nitrogen and oxygen atoms in total. The van der Waals surface area contributed by atoms with E-state index in [-0.39, 0.29) is 23.7 Å². The average molecular weight is 383 g/mol. The third-order valence-electron chi connectivity index (χ3n) is 4.62. The predicted octanol–water partition coefficient (Wildman–Crippen LogP) is 4.35. The number of halogens is 1. The first kappa shape index (κ1) is 19.6. The van der Waals surface area contributed by atoms with Crippen LogP contribution in [0.4, 0.5) is 10.1 Å². The SMILES string of the molecule is COc1cccc(C2C(C(=O)CC(C)C)=C(O)C(=O)N2c2ccc(F)cc2)c1. The summed E-state index contributed by atoms with van der Waals surface area (Å²) in [6.45, 7) is 3.79. The summed E-state index contributed by atoms with van der Waals surface area (Å²) in [6, 6.07) is 11.5. The molecule has 1 amide bonds. The van der Waals surface area contributed by atoms with Crippen LogP contribution in [0.1, 0.15) is 31.9 Å². The molecule has 2 aromatic rings. The molecule has 0 bridgehead atoms. The molecule has 28 heavy (non-hydrogen) atoms. The van der Waals surface area contributed by atoms with Crippen LogP contribution < -0.4 is 9.64 Å². The summed E-state index contributed by atoms with van der Waals surface area (Å²) in [7, 11) is 1.52. The highest BCUT2D eigenvalue weighted by Crippen LogP contribution is 2.42. The van der Waals surface area contributed by atoms with Gasteiger partial charge in [0.05, 0.1) is 18.7 Å². The number of amides is 1. The van der Waals surface area contributed by atoms with Gasteiger partial charge in [-0.2, -0.15) is 0 Å². The first-order valence-corrected chi connectivity index (χ1v) is 9.03. The van der Waals surface area contributed by atoms with Crippen LogP contribution in [0.25, 0.3) is 0 Å². The van der Waals surface area contributed by atoms with E-state index in [1.807, 2.05) is 13.8 Å². The number of hydrogen-bond acceptors (Lipinski definition) is 4. The Balaban J connectivity index is 2.15. The summed E-state index contributed by atoms with van der Waals surface area (Å²) in [5, 5.41) is 10.5. The fourth-order valence-electron chi connectivity index (χ4n) is 3.37. The minimum absolute atomic E-state index is 0.0521. The van der Waals surface area contributed by atoms with Gasteiger partial charge in [-0.3, -0.25) is 14.5 Å². The van der Waals surface area contributed by atoms with Gasteiger partial charge in [-0.25, -0.2) is 4.39 Å². The van der Waals surface area contributed by atoms with Gasteiger partial charge in [0.1, 0.15) is 11.6 Å². The van der Waals surface area contributed by atoms with Crippen molar-refractivity contribution in [1.82, 2.24) is 0 Å². The number of anilines is 1. The van der Waals surface area contributed by atoms with Crippen LogP contribution in [-0.4, -0.2) is 23.9 Å². The number of carbonyl (C=O) groups excluding carboxylic acids is 2. The summed E-state index contributed by atoms with van der Waals surface area (Å²) >= 11 is 0. The quantitative estimate of drug-likeness (QED) is 0.805. The van der Waals surface area contributed by atoms with Gasteiger partial charge in [-0.15, -0.1) is 0 Å². The molecular weight excluding hydrogens is 361 g/mol. The minimum Gasteiger partial charge on any atom is -0.503 e. The number of ether oxygens (including phenoxy) is 1. The Bertz CT molecular complexity index is 934. The molecule has 0 fully saturated rings. The van der Waals surface area contributed by atoms with Crippen LogP contribution in [0.5, 0.6) is 5.75 Å². The van der Waals surface area contributed by atoms with Crippen molar-refractivity contribution in [2.45, 2.75) is 26.3 Å². The van der Waals surface area contributed by atoms with Crippen molar-refractivity contribution in [2.24, 2.45) is 5.92 Å². The second-order valence-electron chi connectivity index (χ2n) is 7.11. The third-order valence-corrected chi connectivity index (χ3v) is 4.62. The zero-order valence-corrected chi connectivity index (χ0v) is 16.0. The molecule has 0 aromatic heterocycles. The Morgan fingerprint density at radius 2 is 1.89 bits per heavy atom. The lowest BCUT2D eigenvalue weighted by Crippen LogP contribution is -2.31. The third kappa shape index (κ3) is 3.63. The number of hydrogen-bond donors (Lipinski definition) is 1. The maximum atomic E-state index is 13.4. The molecule has 0 spiro atoms. The Kier molecular flexibility index (Phi) is 5.49. The lowest BCUT2D eigenvalue weighted by Gasteiger charge is -2.27. The van der Waals surface area contributed by atoms with Crippen LogP contribution in [0.15, 0.2) is 59.9 Å². The summed E-state index contributed by atoms with van der Waals surface area (Å²) in [5.74, 6) is -1.37. The molecule has 3 rings (SSSR count). The van der Waals surface area contributed by atoms with Crippen LogP contribution in [0, 0.1) is 11.7 Å². The number of benzene rings is 2. The van der Waals surface area contributed by atoms with Gasteiger partial charge in [-0.1, -0.05) is 26.0 Å². The molecule has 6 heteroatoms. The lowest BCUT2D eigenvalue weighted by atomic mass is 9.92. The van der Waals surface area contributed by atoms with Crippen molar-refractivity contribution in [3.05, 3.63) is 71.2 Å². The van der Waals surface area contributed by atoms with E-state index in [9.17, 15) is 19.1 Å². The fraction of sp³-hybridized carbons (Fsp3) is 0.273.